The lowest BCUT2D eigenvalue weighted by Crippen LogP contribution is -2.34. The maximum Gasteiger partial charge on any atom is 0.254 e. The lowest BCUT2D eigenvalue weighted by molar-refractivity contribution is 0.0695. The number of nitrogens with zero attached hydrogens (tertiary/aromatic N) is 2. The predicted octanol–water partition coefficient (Wildman–Crippen LogP) is 2.92. The molecule has 0 saturated heterocycles. The van der Waals surface area contributed by atoms with Crippen LogP contribution in [0, 0.1) is 18.7 Å². The summed E-state index contributed by atoms with van der Waals surface area (Å²) in [7, 11) is 1.75. The summed E-state index contributed by atoms with van der Waals surface area (Å²) in [6.45, 7) is 2.33. The van der Waals surface area contributed by atoms with Crippen LogP contribution < -0.4 is 0 Å². The van der Waals surface area contributed by atoms with Crippen LogP contribution in [0.5, 0.6) is 0 Å². The molecule has 0 bridgehead atoms. The zero-order valence-electron chi connectivity index (χ0n) is 13.4. The molecule has 2 atom stereocenters. The van der Waals surface area contributed by atoms with Gasteiger partial charge in [0.15, 0.2) is 0 Å². The van der Waals surface area contributed by atoms with E-state index in [-0.39, 0.29) is 23.7 Å². The van der Waals surface area contributed by atoms with Crippen LogP contribution in [0.15, 0.2) is 24.3 Å². The van der Waals surface area contributed by atoms with E-state index in [1.54, 1.807) is 31.0 Å². The molecule has 3 rings (SSSR count). The maximum atomic E-state index is 13.4. The van der Waals surface area contributed by atoms with Gasteiger partial charge in [-0.25, -0.2) is 4.39 Å². The Morgan fingerprint density at radius 3 is 2.87 bits per heavy atom. The molecule has 5 heteroatoms. The number of hydrogen-bond acceptors (Lipinski definition) is 3. The van der Waals surface area contributed by atoms with Crippen LogP contribution in [0.1, 0.15) is 35.3 Å². The third-order valence-electron chi connectivity index (χ3n) is 4.60. The van der Waals surface area contributed by atoms with Crippen LogP contribution in [-0.2, 0) is 0 Å². The molecule has 1 N–H and O–H groups in total. The molecular weight excluding hydrogens is 295 g/mol. The number of aryl methyl sites for hydroxylation is 1. The molecule has 2 aromatic rings. The van der Waals surface area contributed by atoms with E-state index in [0.29, 0.717) is 28.7 Å². The zero-order chi connectivity index (χ0) is 16.6. The fraction of sp³-hybridized carbons (Fsp3) is 0.444. The van der Waals surface area contributed by atoms with Crippen molar-refractivity contribution in [3.8, 4) is 0 Å². The minimum absolute atomic E-state index is 0.119. The van der Waals surface area contributed by atoms with Gasteiger partial charge in [0.2, 0.25) is 0 Å². The van der Waals surface area contributed by atoms with Gasteiger partial charge in [-0.15, -0.1) is 0 Å². The number of halogens is 1. The number of rotatable bonds is 3. The second-order valence-corrected chi connectivity index (χ2v) is 6.42. The lowest BCUT2D eigenvalue weighted by Gasteiger charge is -2.24. The standard InChI is InChI=1S/C18H21FN2O2/c1-11-8-15(14-7-6-13(19)9-16(14)20-11)18(23)21(2)10-12-4-3-5-17(12)22/h6-9,12,17,22H,3-5,10H2,1-2H3. The minimum Gasteiger partial charge on any atom is -0.393 e. The molecule has 1 aromatic heterocycles. The first-order valence-electron chi connectivity index (χ1n) is 7.96. The van der Waals surface area contributed by atoms with Crippen LogP contribution in [0.4, 0.5) is 4.39 Å². The smallest absolute Gasteiger partial charge is 0.254 e. The number of amides is 1. The molecule has 1 fully saturated rings. The minimum atomic E-state index is -0.364. The maximum absolute atomic E-state index is 13.4. The van der Waals surface area contributed by atoms with Crippen LogP contribution >= 0.6 is 0 Å². The number of aromatic nitrogens is 1. The quantitative estimate of drug-likeness (QED) is 0.947. The van der Waals surface area contributed by atoms with Gasteiger partial charge in [-0.3, -0.25) is 9.78 Å². The van der Waals surface area contributed by atoms with Gasteiger partial charge in [-0.1, -0.05) is 6.42 Å². The molecule has 2 unspecified atom stereocenters. The third-order valence-corrected chi connectivity index (χ3v) is 4.60. The molecule has 1 amide bonds. The Hall–Kier alpha value is -2.01. The van der Waals surface area contributed by atoms with Crippen LogP contribution in [-0.4, -0.2) is 40.6 Å². The largest absolute Gasteiger partial charge is 0.393 e. The Bertz CT molecular complexity index is 742. The van der Waals surface area contributed by atoms with E-state index in [4.69, 9.17) is 0 Å². The van der Waals surface area contributed by atoms with Crippen molar-refractivity contribution in [2.45, 2.75) is 32.3 Å². The third kappa shape index (κ3) is 3.20. The van der Waals surface area contributed by atoms with Crippen LogP contribution in [0.25, 0.3) is 10.9 Å². The second-order valence-electron chi connectivity index (χ2n) is 6.42. The first-order chi connectivity index (χ1) is 11.0. The summed E-state index contributed by atoms with van der Waals surface area (Å²) >= 11 is 0. The Morgan fingerprint density at radius 1 is 1.39 bits per heavy atom. The predicted molar refractivity (Wildman–Crippen MR) is 86.7 cm³/mol. The summed E-state index contributed by atoms with van der Waals surface area (Å²) in [6, 6.07) is 6.03. The lowest BCUT2D eigenvalue weighted by atomic mass is 10.0. The molecule has 1 aromatic carbocycles. The fourth-order valence-corrected chi connectivity index (χ4v) is 3.38. The first kappa shape index (κ1) is 15.9. The van der Waals surface area contributed by atoms with Crippen molar-refractivity contribution in [1.82, 2.24) is 9.88 Å². The van der Waals surface area contributed by atoms with Gasteiger partial charge in [-0.05, 0) is 38.0 Å². The molecule has 0 spiro atoms. The number of fused-ring (bicyclic) bond motifs is 1. The van der Waals surface area contributed by atoms with Crippen molar-refractivity contribution in [2.24, 2.45) is 5.92 Å². The normalized spacial score (nSPS) is 20.9. The molecule has 23 heavy (non-hydrogen) atoms. The van der Waals surface area contributed by atoms with E-state index < -0.39 is 0 Å². The van der Waals surface area contributed by atoms with Crippen molar-refractivity contribution >= 4 is 16.8 Å². The number of aliphatic hydroxyl groups is 1. The van der Waals surface area contributed by atoms with Crippen LogP contribution in [0.3, 0.4) is 0 Å². The van der Waals surface area contributed by atoms with Crippen molar-refractivity contribution in [3.63, 3.8) is 0 Å². The first-order valence-corrected chi connectivity index (χ1v) is 7.96. The fourth-order valence-electron chi connectivity index (χ4n) is 3.38. The van der Waals surface area contributed by atoms with Gasteiger partial charge in [0.25, 0.3) is 5.91 Å². The molecular formula is C18H21FN2O2. The highest BCUT2D eigenvalue weighted by Gasteiger charge is 2.28. The monoisotopic (exact) mass is 316 g/mol. The SMILES string of the molecule is Cc1cc(C(=O)N(C)CC2CCCC2O)c2ccc(F)cc2n1. The number of carbonyl (C=O) groups is 1. The topological polar surface area (TPSA) is 53.4 Å². The molecule has 4 nitrogen and oxygen atoms in total. The number of pyridine rings is 1. The molecule has 1 aliphatic carbocycles. The summed E-state index contributed by atoms with van der Waals surface area (Å²) in [4.78, 5) is 18.8. The Kier molecular flexibility index (Phi) is 4.31. The van der Waals surface area contributed by atoms with Crippen molar-refractivity contribution in [2.75, 3.05) is 13.6 Å². The summed E-state index contributed by atoms with van der Waals surface area (Å²) in [5.41, 5.74) is 1.70. The van der Waals surface area contributed by atoms with E-state index in [9.17, 15) is 14.3 Å². The van der Waals surface area contributed by atoms with Gasteiger partial charge in [-0.2, -0.15) is 0 Å². The van der Waals surface area contributed by atoms with Gasteiger partial charge in [0.05, 0.1) is 17.2 Å². The van der Waals surface area contributed by atoms with Crippen LogP contribution in [0.2, 0.25) is 0 Å². The zero-order valence-corrected chi connectivity index (χ0v) is 13.4. The Morgan fingerprint density at radius 2 is 2.17 bits per heavy atom. The molecule has 122 valence electrons. The van der Waals surface area contributed by atoms with E-state index in [1.165, 1.54) is 12.1 Å². The molecule has 0 radical (unpaired) electrons. The number of carbonyl (C=O) groups excluding carboxylic acids is 1. The number of hydrogen-bond donors (Lipinski definition) is 1. The van der Waals surface area contributed by atoms with E-state index in [1.807, 2.05) is 0 Å². The van der Waals surface area contributed by atoms with E-state index in [0.717, 1.165) is 19.3 Å². The van der Waals surface area contributed by atoms with E-state index >= 15 is 0 Å². The summed E-state index contributed by atoms with van der Waals surface area (Å²) in [5, 5.41) is 10.6. The Labute approximate surface area is 134 Å². The van der Waals surface area contributed by atoms with Crippen molar-refractivity contribution in [1.29, 1.82) is 0 Å². The molecule has 1 saturated carbocycles. The summed E-state index contributed by atoms with van der Waals surface area (Å²) in [5.74, 6) is -0.349. The molecule has 1 heterocycles. The second kappa shape index (κ2) is 6.24. The van der Waals surface area contributed by atoms with Gasteiger partial charge < -0.3 is 10.0 Å². The molecule has 0 aliphatic heterocycles. The van der Waals surface area contributed by atoms with Crippen molar-refractivity contribution in [3.05, 3.63) is 41.3 Å². The van der Waals surface area contributed by atoms with Crippen molar-refractivity contribution < 1.29 is 14.3 Å². The van der Waals surface area contributed by atoms with Gasteiger partial charge in [0.1, 0.15) is 5.82 Å². The molecule has 1 aliphatic rings. The summed E-state index contributed by atoms with van der Waals surface area (Å²) in [6.07, 6.45) is 2.43. The highest BCUT2D eigenvalue weighted by atomic mass is 19.1. The summed E-state index contributed by atoms with van der Waals surface area (Å²) < 4.78 is 13.4. The van der Waals surface area contributed by atoms with Gasteiger partial charge in [0, 0.05) is 36.7 Å². The highest BCUT2D eigenvalue weighted by molar-refractivity contribution is 6.06. The number of aliphatic hydroxyl groups excluding tert-OH is 1. The Balaban J connectivity index is 1.90. The average Bonchev–Trinajstić information content (AvgIpc) is 2.90. The highest BCUT2D eigenvalue weighted by Crippen LogP contribution is 2.27. The number of benzene rings is 1. The van der Waals surface area contributed by atoms with E-state index in [2.05, 4.69) is 4.98 Å². The average molecular weight is 316 g/mol. The van der Waals surface area contributed by atoms with Gasteiger partial charge >= 0.3 is 0 Å².